The molecule has 7 nitrogen and oxygen atoms in total. The van der Waals surface area contributed by atoms with Crippen LogP contribution in [0, 0.1) is 6.92 Å². The van der Waals surface area contributed by atoms with E-state index in [4.69, 9.17) is 9.84 Å². The van der Waals surface area contributed by atoms with Crippen LogP contribution in [0.3, 0.4) is 0 Å². The highest BCUT2D eigenvalue weighted by atomic mass is 32.2. The van der Waals surface area contributed by atoms with Gasteiger partial charge in [0.1, 0.15) is 11.9 Å². The molecule has 1 fully saturated rings. The van der Waals surface area contributed by atoms with Crippen LogP contribution in [0.15, 0.2) is 47.4 Å². The second kappa shape index (κ2) is 7.44. The van der Waals surface area contributed by atoms with Crippen LogP contribution < -0.4 is 9.46 Å². The summed E-state index contributed by atoms with van der Waals surface area (Å²) in [5.74, 6) is -0.597. The molecule has 4 atom stereocenters. The Morgan fingerprint density at radius 1 is 1.21 bits per heavy atom. The van der Waals surface area contributed by atoms with Crippen LogP contribution in [-0.2, 0) is 21.2 Å². The topological polar surface area (TPSA) is 113 Å². The summed E-state index contributed by atoms with van der Waals surface area (Å²) in [6, 6.07) is 11.3. The highest BCUT2D eigenvalue weighted by molar-refractivity contribution is 7.89. The standard InChI is InChI=1S/C21H23NO6S/c1-12-5-8-14(9-6-12)29(26,27)22-20-16(23)11-17-19(20)15-4-2-3-13(21(15)28-17)7-10-18(24)25/h2-6,8-9,16-17,19-20,22-23H,7,10-11H2,1H3,(H,24,25). The molecule has 8 heteroatoms. The maximum atomic E-state index is 12.9. The van der Waals surface area contributed by atoms with E-state index in [2.05, 4.69) is 4.72 Å². The van der Waals surface area contributed by atoms with E-state index in [-0.39, 0.29) is 23.3 Å². The Labute approximate surface area is 169 Å². The van der Waals surface area contributed by atoms with Crippen molar-refractivity contribution in [3.05, 3.63) is 59.2 Å². The number of aliphatic carboxylic acids is 1. The molecule has 4 rings (SSSR count). The molecule has 4 unspecified atom stereocenters. The van der Waals surface area contributed by atoms with Gasteiger partial charge in [-0.1, -0.05) is 35.9 Å². The third kappa shape index (κ3) is 3.75. The van der Waals surface area contributed by atoms with Gasteiger partial charge in [-0.2, -0.15) is 0 Å². The molecule has 3 N–H and O–H groups in total. The van der Waals surface area contributed by atoms with Crippen molar-refractivity contribution in [3.63, 3.8) is 0 Å². The van der Waals surface area contributed by atoms with Gasteiger partial charge in [-0.05, 0) is 31.0 Å². The zero-order valence-electron chi connectivity index (χ0n) is 15.9. The molecule has 2 aliphatic rings. The van der Waals surface area contributed by atoms with Crippen molar-refractivity contribution in [2.45, 2.75) is 55.2 Å². The molecule has 0 amide bonds. The first-order valence-corrected chi connectivity index (χ1v) is 11.0. The van der Waals surface area contributed by atoms with Crippen molar-refractivity contribution in [1.82, 2.24) is 4.72 Å². The van der Waals surface area contributed by atoms with E-state index in [1.54, 1.807) is 24.3 Å². The Kier molecular flexibility index (Phi) is 5.10. The molecule has 0 aromatic heterocycles. The van der Waals surface area contributed by atoms with Gasteiger partial charge >= 0.3 is 5.97 Å². The Morgan fingerprint density at radius 3 is 2.62 bits per heavy atom. The van der Waals surface area contributed by atoms with Crippen molar-refractivity contribution in [3.8, 4) is 5.75 Å². The fourth-order valence-electron chi connectivity index (χ4n) is 4.23. The zero-order valence-corrected chi connectivity index (χ0v) is 16.7. The summed E-state index contributed by atoms with van der Waals surface area (Å²) in [7, 11) is -3.81. The summed E-state index contributed by atoms with van der Waals surface area (Å²) < 4.78 is 34.4. The Bertz CT molecular complexity index is 1030. The number of aliphatic hydroxyl groups is 1. The van der Waals surface area contributed by atoms with Gasteiger partial charge in [0, 0.05) is 24.3 Å². The molecule has 0 saturated heterocycles. The zero-order chi connectivity index (χ0) is 20.8. The summed E-state index contributed by atoms with van der Waals surface area (Å²) in [6.07, 6.45) is -0.599. The third-order valence-electron chi connectivity index (χ3n) is 5.66. The number of ether oxygens (including phenoxy) is 1. The number of carbonyl (C=O) groups is 1. The molecule has 1 saturated carbocycles. The fourth-order valence-corrected chi connectivity index (χ4v) is 5.53. The van der Waals surface area contributed by atoms with Crippen molar-refractivity contribution >= 4 is 16.0 Å². The lowest BCUT2D eigenvalue weighted by atomic mass is 9.92. The Morgan fingerprint density at radius 2 is 1.93 bits per heavy atom. The number of aryl methyl sites for hydroxylation is 2. The van der Waals surface area contributed by atoms with Gasteiger partial charge in [-0.15, -0.1) is 0 Å². The Balaban J connectivity index is 1.62. The van der Waals surface area contributed by atoms with E-state index in [0.29, 0.717) is 18.6 Å². The highest BCUT2D eigenvalue weighted by Crippen LogP contribution is 2.49. The first-order chi connectivity index (χ1) is 13.8. The van der Waals surface area contributed by atoms with Crippen LogP contribution in [0.25, 0.3) is 0 Å². The number of fused-ring (bicyclic) bond motifs is 3. The maximum absolute atomic E-state index is 12.9. The molecule has 0 radical (unpaired) electrons. The molecular formula is C21H23NO6S. The van der Waals surface area contributed by atoms with Gasteiger partial charge in [-0.3, -0.25) is 4.79 Å². The van der Waals surface area contributed by atoms with Crippen molar-refractivity contribution in [2.24, 2.45) is 0 Å². The lowest BCUT2D eigenvalue weighted by Crippen LogP contribution is -2.43. The number of sulfonamides is 1. The molecule has 154 valence electrons. The fraction of sp³-hybridized carbons (Fsp3) is 0.381. The number of carboxylic acids is 1. The first kappa shape index (κ1) is 19.9. The summed E-state index contributed by atoms with van der Waals surface area (Å²) in [4.78, 5) is 11.1. The van der Waals surface area contributed by atoms with Gasteiger partial charge in [0.2, 0.25) is 10.0 Å². The van der Waals surface area contributed by atoms with Gasteiger partial charge in [-0.25, -0.2) is 13.1 Å². The summed E-state index contributed by atoms with van der Waals surface area (Å²) in [5.41, 5.74) is 2.55. The second-order valence-electron chi connectivity index (χ2n) is 7.67. The van der Waals surface area contributed by atoms with Crippen molar-refractivity contribution in [2.75, 3.05) is 0 Å². The summed E-state index contributed by atoms with van der Waals surface area (Å²) in [6.45, 7) is 1.88. The first-order valence-electron chi connectivity index (χ1n) is 9.53. The summed E-state index contributed by atoms with van der Waals surface area (Å²) >= 11 is 0. The average molecular weight is 417 g/mol. The number of benzene rings is 2. The molecule has 1 heterocycles. The minimum Gasteiger partial charge on any atom is -0.489 e. The monoisotopic (exact) mass is 417 g/mol. The van der Waals surface area contributed by atoms with Crippen molar-refractivity contribution < 1.29 is 28.2 Å². The number of hydrogen-bond donors (Lipinski definition) is 3. The molecule has 1 aliphatic heterocycles. The van der Waals surface area contributed by atoms with E-state index >= 15 is 0 Å². The minimum absolute atomic E-state index is 0.0126. The van der Waals surface area contributed by atoms with Gasteiger partial charge in [0.15, 0.2) is 0 Å². The van der Waals surface area contributed by atoms with Crippen LogP contribution in [0.5, 0.6) is 5.75 Å². The SMILES string of the molecule is Cc1ccc(S(=O)(=O)NC2C(O)CC3Oc4c(CCC(=O)O)cccc4C32)cc1. The lowest BCUT2D eigenvalue weighted by Gasteiger charge is -2.22. The summed E-state index contributed by atoms with van der Waals surface area (Å²) in [5, 5.41) is 19.5. The van der Waals surface area contributed by atoms with E-state index in [1.165, 1.54) is 0 Å². The van der Waals surface area contributed by atoms with Crippen LogP contribution in [-0.4, -0.2) is 42.8 Å². The largest absolute Gasteiger partial charge is 0.489 e. The smallest absolute Gasteiger partial charge is 0.303 e. The van der Waals surface area contributed by atoms with Crippen LogP contribution in [0.4, 0.5) is 0 Å². The third-order valence-corrected chi connectivity index (χ3v) is 7.14. The molecule has 2 aromatic carbocycles. The van der Waals surface area contributed by atoms with E-state index in [1.807, 2.05) is 25.1 Å². The van der Waals surface area contributed by atoms with Gasteiger partial charge in [0.05, 0.1) is 17.0 Å². The number of para-hydroxylation sites is 1. The number of carboxylic acid groups (broad SMARTS) is 1. The average Bonchev–Trinajstić information content (AvgIpc) is 3.16. The number of nitrogens with one attached hydrogen (secondary N) is 1. The normalized spacial score (nSPS) is 25.3. The molecule has 29 heavy (non-hydrogen) atoms. The number of aliphatic hydroxyl groups excluding tert-OH is 1. The van der Waals surface area contributed by atoms with Crippen LogP contribution in [0.2, 0.25) is 0 Å². The van der Waals surface area contributed by atoms with Crippen molar-refractivity contribution in [1.29, 1.82) is 0 Å². The number of hydrogen-bond acceptors (Lipinski definition) is 5. The van der Waals surface area contributed by atoms with E-state index in [0.717, 1.165) is 16.7 Å². The van der Waals surface area contributed by atoms with E-state index in [9.17, 15) is 18.3 Å². The molecule has 2 aromatic rings. The molecule has 0 bridgehead atoms. The molecule has 1 aliphatic carbocycles. The van der Waals surface area contributed by atoms with Gasteiger partial charge < -0.3 is 14.9 Å². The lowest BCUT2D eigenvalue weighted by molar-refractivity contribution is -0.136. The quantitative estimate of drug-likeness (QED) is 0.662. The molecular weight excluding hydrogens is 394 g/mol. The second-order valence-corrected chi connectivity index (χ2v) is 9.39. The highest BCUT2D eigenvalue weighted by Gasteiger charge is 2.51. The van der Waals surface area contributed by atoms with Crippen LogP contribution in [0.1, 0.15) is 35.4 Å². The van der Waals surface area contributed by atoms with Crippen LogP contribution >= 0.6 is 0 Å². The Hall–Kier alpha value is -2.42. The predicted molar refractivity (Wildman–Crippen MR) is 105 cm³/mol. The maximum Gasteiger partial charge on any atom is 0.303 e. The van der Waals surface area contributed by atoms with Gasteiger partial charge in [0.25, 0.3) is 0 Å². The minimum atomic E-state index is -3.81. The number of rotatable bonds is 6. The predicted octanol–water partition coefficient (Wildman–Crippen LogP) is 1.97. The van der Waals surface area contributed by atoms with E-state index < -0.39 is 28.1 Å². The molecule has 0 spiro atoms.